The minimum Gasteiger partial charge on any atom is -0.461 e. The van der Waals surface area contributed by atoms with Crippen LogP contribution in [0, 0.1) is 19.8 Å². The summed E-state index contributed by atoms with van der Waals surface area (Å²) >= 11 is 0. The third kappa shape index (κ3) is 5.14. The highest BCUT2D eigenvalue weighted by atomic mass is 16.5. The monoisotopic (exact) mass is 391 g/mol. The fourth-order valence-corrected chi connectivity index (χ4v) is 3.67. The molecule has 28 heavy (non-hydrogen) atoms. The van der Waals surface area contributed by atoms with Crippen molar-refractivity contribution in [2.24, 2.45) is 5.92 Å². The molecule has 7 heteroatoms. The van der Waals surface area contributed by atoms with Crippen LogP contribution in [-0.2, 0) is 9.53 Å². The minimum absolute atomic E-state index is 0.0655. The second-order valence-corrected chi connectivity index (χ2v) is 7.66. The standard InChI is InChI=1S/C21H33N3O4/c1-6-13(3)22-17(25)12-16-8-10-24(11-9-16)20(26)18-14(4)19(23-15(18)5)21(27)28-7-2/h13,16,23H,6-12H2,1-5H3,(H,22,25)/t13-/m0/s1. The van der Waals surface area contributed by atoms with Gasteiger partial charge >= 0.3 is 5.97 Å². The number of amides is 2. The van der Waals surface area contributed by atoms with Gasteiger partial charge in [-0.05, 0) is 58.4 Å². The number of aromatic amines is 1. The Morgan fingerprint density at radius 1 is 1.21 bits per heavy atom. The Kier molecular flexibility index (Phi) is 7.66. The number of rotatable bonds is 7. The van der Waals surface area contributed by atoms with Crippen LogP contribution < -0.4 is 5.32 Å². The topological polar surface area (TPSA) is 91.5 Å². The molecule has 1 fully saturated rings. The molecule has 0 radical (unpaired) electrons. The number of hydrogen-bond acceptors (Lipinski definition) is 4. The number of carbonyl (C=O) groups excluding carboxylic acids is 3. The summed E-state index contributed by atoms with van der Waals surface area (Å²) in [5, 5.41) is 3.01. The van der Waals surface area contributed by atoms with Crippen molar-refractivity contribution in [2.75, 3.05) is 19.7 Å². The van der Waals surface area contributed by atoms with E-state index in [2.05, 4.69) is 10.3 Å². The summed E-state index contributed by atoms with van der Waals surface area (Å²) in [6, 6.07) is 0.197. The highest BCUT2D eigenvalue weighted by Gasteiger charge is 2.29. The van der Waals surface area contributed by atoms with Crippen LogP contribution in [0.5, 0.6) is 0 Å². The van der Waals surface area contributed by atoms with Gasteiger partial charge in [0.15, 0.2) is 0 Å². The number of aryl methyl sites for hydroxylation is 1. The third-order valence-electron chi connectivity index (χ3n) is 5.53. The number of nitrogens with zero attached hydrogens (tertiary/aromatic N) is 1. The van der Waals surface area contributed by atoms with Gasteiger partial charge in [-0.2, -0.15) is 0 Å². The van der Waals surface area contributed by atoms with E-state index < -0.39 is 5.97 Å². The van der Waals surface area contributed by atoms with Crippen molar-refractivity contribution in [1.29, 1.82) is 0 Å². The highest BCUT2D eigenvalue weighted by Crippen LogP contribution is 2.25. The summed E-state index contributed by atoms with van der Waals surface area (Å²) in [6.45, 7) is 10.9. The first kappa shape index (κ1) is 22.0. The average molecular weight is 392 g/mol. The third-order valence-corrected chi connectivity index (χ3v) is 5.53. The smallest absolute Gasteiger partial charge is 0.355 e. The number of hydrogen-bond donors (Lipinski definition) is 2. The number of carbonyl (C=O) groups is 3. The quantitative estimate of drug-likeness (QED) is 0.699. The molecule has 0 spiro atoms. The molecule has 0 unspecified atom stereocenters. The van der Waals surface area contributed by atoms with Crippen LogP contribution >= 0.6 is 0 Å². The predicted octanol–water partition coefficient (Wildman–Crippen LogP) is 2.97. The van der Waals surface area contributed by atoms with E-state index in [1.165, 1.54) is 0 Å². The van der Waals surface area contributed by atoms with Gasteiger partial charge in [0.1, 0.15) is 5.69 Å². The Bertz CT molecular complexity index is 717. The molecule has 2 rings (SSSR count). The Morgan fingerprint density at radius 2 is 1.86 bits per heavy atom. The van der Waals surface area contributed by atoms with E-state index in [1.54, 1.807) is 20.8 Å². The van der Waals surface area contributed by atoms with Gasteiger partial charge in [-0.1, -0.05) is 6.92 Å². The van der Waals surface area contributed by atoms with Gasteiger partial charge in [-0.3, -0.25) is 9.59 Å². The van der Waals surface area contributed by atoms with Crippen LogP contribution in [0.4, 0.5) is 0 Å². The molecule has 0 aromatic carbocycles. The zero-order chi connectivity index (χ0) is 20.8. The molecule has 2 amide bonds. The van der Waals surface area contributed by atoms with E-state index in [-0.39, 0.29) is 24.5 Å². The van der Waals surface area contributed by atoms with Gasteiger partial charge in [0.2, 0.25) is 5.91 Å². The molecule has 156 valence electrons. The van der Waals surface area contributed by atoms with Crippen molar-refractivity contribution in [1.82, 2.24) is 15.2 Å². The maximum Gasteiger partial charge on any atom is 0.355 e. The summed E-state index contributed by atoms with van der Waals surface area (Å²) in [4.78, 5) is 42.0. The number of H-pyrrole nitrogens is 1. The molecule has 2 N–H and O–H groups in total. The Morgan fingerprint density at radius 3 is 2.43 bits per heavy atom. The van der Waals surface area contributed by atoms with E-state index in [0.717, 1.165) is 19.3 Å². The molecule has 7 nitrogen and oxygen atoms in total. The Hall–Kier alpha value is -2.31. The molecular formula is C21H33N3O4. The molecule has 1 atom stereocenters. The molecule has 0 saturated carbocycles. The fraction of sp³-hybridized carbons (Fsp3) is 0.667. The van der Waals surface area contributed by atoms with Gasteiger partial charge in [0.25, 0.3) is 5.91 Å². The molecule has 1 aliphatic heterocycles. The molecule has 2 heterocycles. The summed E-state index contributed by atoms with van der Waals surface area (Å²) < 4.78 is 5.06. The van der Waals surface area contributed by atoms with Gasteiger partial charge in [-0.25, -0.2) is 4.79 Å². The molecule has 1 aromatic rings. The van der Waals surface area contributed by atoms with E-state index >= 15 is 0 Å². The number of likely N-dealkylation sites (tertiary alicyclic amines) is 1. The normalized spacial score (nSPS) is 16.0. The summed E-state index contributed by atoms with van der Waals surface area (Å²) in [5.74, 6) is -0.107. The number of nitrogens with one attached hydrogen (secondary N) is 2. The average Bonchev–Trinajstić information content (AvgIpc) is 2.96. The number of ether oxygens (including phenoxy) is 1. The molecular weight excluding hydrogens is 358 g/mol. The number of piperidine rings is 1. The highest BCUT2D eigenvalue weighted by molar-refractivity contribution is 6.01. The lowest BCUT2D eigenvalue weighted by Crippen LogP contribution is -2.40. The van der Waals surface area contributed by atoms with Crippen molar-refractivity contribution in [3.63, 3.8) is 0 Å². The van der Waals surface area contributed by atoms with E-state index in [4.69, 9.17) is 4.74 Å². The van der Waals surface area contributed by atoms with Crippen LogP contribution in [0.25, 0.3) is 0 Å². The second kappa shape index (κ2) is 9.75. The van der Waals surface area contributed by atoms with Crippen LogP contribution in [0.3, 0.4) is 0 Å². The van der Waals surface area contributed by atoms with Crippen LogP contribution in [0.1, 0.15) is 78.6 Å². The van der Waals surface area contributed by atoms with E-state index in [1.807, 2.05) is 18.7 Å². The van der Waals surface area contributed by atoms with Crippen LogP contribution in [-0.4, -0.2) is 53.4 Å². The molecule has 1 aromatic heterocycles. The molecule has 0 aliphatic carbocycles. The SMILES string of the molecule is CCOC(=O)c1[nH]c(C)c(C(=O)N2CCC(CC(=O)N[C@@H](C)CC)CC2)c1C. The summed E-state index contributed by atoms with van der Waals surface area (Å²) in [7, 11) is 0. The summed E-state index contributed by atoms with van der Waals surface area (Å²) in [6.07, 6.45) is 3.06. The maximum atomic E-state index is 13.0. The van der Waals surface area contributed by atoms with E-state index in [9.17, 15) is 14.4 Å². The first-order valence-electron chi connectivity index (χ1n) is 10.2. The lowest BCUT2D eigenvalue weighted by molar-refractivity contribution is -0.122. The Labute approximate surface area is 167 Å². The lowest BCUT2D eigenvalue weighted by Gasteiger charge is -2.32. The number of aromatic nitrogens is 1. The molecule has 1 saturated heterocycles. The van der Waals surface area contributed by atoms with Gasteiger partial charge in [0, 0.05) is 31.2 Å². The van der Waals surface area contributed by atoms with Gasteiger partial charge in [0.05, 0.1) is 12.2 Å². The maximum absolute atomic E-state index is 13.0. The van der Waals surface area contributed by atoms with Crippen LogP contribution in [0.15, 0.2) is 0 Å². The van der Waals surface area contributed by atoms with Crippen molar-refractivity contribution >= 4 is 17.8 Å². The summed E-state index contributed by atoms with van der Waals surface area (Å²) in [5.41, 5.74) is 2.21. The minimum atomic E-state index is -0.437. The largest absolute Gasteiger partial charge is 0.461 e. The first-order valence-corrected chi connectivity index (χ1v) is 10.2. The molecule has 0 bridgehead atoms. The van der Waals surface area contributed by atoms with E-state index in [0.29, 0.717) is 47.9 Å². The van der Waals surface area contributed by atoms with Gasteiger partial charge < -0.3 is 19.9 Å². The molecule has 1 aliphatic rings. The van der Waals surface area contributed by atoms with Gasteiger partial charge in [-0.15, -0.1) is 0 Å². The Balaban J connectivity index is 1.97. The predicted molar refractivity (Wildman–Crippen MR) is 107 cm³/mol. The first-order chi connectivity index (χ1) is 13.3. The van der Waals surface area contributed by atoms with Crippen molar-refractivity contribution < 1.29 is 19.1 Å². The number of esters is 1. The fourth-order valence-electron chi connectivity index (χ4n) is 3.67. The zero-order valence-corrected chi connectivity index (χ0v) is 17.7. The van der Waals surface area contributed by atoms with Crippen molar-refractivity contribution in [3.8, 4) is 0 Å². The second-order valence-electron chi connectivity index (χ2n) is 7.66. The van der Waals surface area contributed by atoms with Crippen LogP contribution in [0.2, 0.25) is 0 Å². The van der Waals surface area contributed by atoms with Crippen molar-refractivity contribution in [3.05, 3.63) is 22.5 Å². The zero-order valence-electron chi connectivity index (χ0n) is 17.7. The van der Waals surface area contributed by atoms with Crippen molar-refractivity contribution in [2.45, 2.75) is 66.3 Å². The lowest BCUT2D eigenvalue weighted by atomic mass is 9.92.